The average molecular weight is 256 g/mol. The molecule has 0 aromatic carbocycles. The third kappa shape index (κ3) is 3.97. The Kier molecular flexibility index (Phi) is 6.11. The van der Waals surface area contributed by atoms with Crippen LogP contribution in [0.3, 0.4) is 0 Å². The highest BCUT2D eigenvalue weighted by molar-refractivity contribution is 5.46. The van der Waals surface area contributed by atoms with Crippen molar-refractivity contribution in [1.29, 1.82) is 0 Å². The minimum Gasteiger partial charge on any atom is -0.395 e. The third-order valence-corrected chi connectivity index (χ3v) is 2.79. The molecule has 1 aromatic heterocycles. The molecule has 0 bridgehead atoms. The van der Waals surface area contributed by atoms with Crippen LogP contribution in [0, 0.1) is 6.92 Å². The lowest BCUT2D eigenvalue weighted by atomic mass is 10.3. The number of nitrogens with zero attached hydrogens (tertiary/aromatic N) is 4. The summed E-state index contributed by atoms with van der Waals surface area (Å²) in [5.41, 5.74) is 1.07. The lowest BCUT2D eigenvalue weighted by Crippen LogP contribution is -2.33. The predicted octanol–water partition coefficient (Wildman–Crippen LogP) is -0.456. The van der Waals surface area contributed by atoms with Crippen molar-refractivity contribution in [2.24, 2.45) is 0 Å². The molecule has 0 aliphatic rings. The Balaban J connectivity index is 2.85. The molecule has 104 valence electrons. The van der Waals surface area contributed by atoms with Gasteiger partial charge in [-0.15, -0.1) is 0 Å². The molecule has 1 rings (SSSR count). The predicted molar refractivity (Wildman–Crippen MR) is 71.9 cm³/mol. The zero-order chi connectivity index (χ0) is 13.5. The number of aliphatic hydroxyl groups is 2. The summed E-state index contributed by atoms with van der Waals surface area (Å²) in [7, 11) is 4.05. The van der Waals surface area contributed by atoms with E-state index in [2.05, 4.69) is 10.00 Å². The van der Waals surface area contributed by atoms with E-state index >= 15 is 0 Å². The van der Waals surface area contributed by atoms with E-state index < -0.39 is 0 Å². The first kappa shape index (κ1) is 14.9. The van der Waals surface area contributed by atoms with Crippen LogP contribution in [-0.2, 0) is 6.54 Å². The maximum absolute atomic E-state index is 9.10. The summed E-state index contributed by atoms with van der Waals surface area (Å²) < 4.78 is 1.93. The number of anilines is 1. The summed E-state index contributed by atoms with van der Waals surface area (Å²) in [6, 6.07) is 0. The molecule has 2 N–H and O–H groups in total. The van der Waals surface area contributed by atoms with Crippen molar-refractivity contribution in [2.45, 2.75) is 13.5 Å². The van der Waals surface area contributed by atoms with Gasteiger partial charge in [0.25, 0.3) is 0 Å². The summed E-state index contributed by atoms with van der Waals surface area (Å²) >= 11 is 0. The smallest absolute Gasteiger partial charge is 0.129 e. The number of aromatic nitrogens is 2. The molecule has 6 nitrogen and oxygen atoms in total. The highest BCUT2D eigenvalue weighted by Gasteiger charge is 2.14. The quantitative estimate of drug-likeness (QED) is 0.659. The van der Waals surface area contributed by atoms with Crippen LogP contribution in [0.15, 0.2) is 6.20 Å². The van der Waals surface area contributed by atoms with Crippen molar-refractivity contribution >= 4 is 5.82 Å². The van der Waals surface area contributed by atoms with Crippen molar-refractivity contribution in [1.82, 2.24) is 14.7 Å². The van der Waals surface area contributed by atoms with Gasteiger partial charge in [-0.2, -0.15) is 5.10 Å². The molecule has 6 heteroatoms. The Morgan fingerprint density at radius 2 is 1.78 bits per heavy atom. The summed E-state index contributed by atoms with van der Waals surface area (Å²) in [4.78, 5) is 4.07. The molecule has 1 aromatic rings. The van der Waals surface area contributed by atoms with Gasteiger partial charge in [0, 0.05) is 25.2 Å². The fourth-order valence-corrected chi connectivity index (χ4v) is 1.91. The molecule has 1 heterocycles. The van der Waals surface area contributed by atoms with E-state index in [9.17, 15) is 0 Å². The Morgan fingerprint density at radius 3 is 2.28 bits per heavy atom. The van der Waals surface area contributed by atoms with Crippen LogP contribution in [-0.4, -0.2) is 71.8 Å². The summed E-state index contributed by atoms with van der Waals surface area (Å²) in [5, 5.41) is 22.6. The number of hydrogen-bond acceptors (Lipinski definition) is 5. The van der Waals surface area contributed by atoms with Crippen LogP contribution in [0.25, 0.3) is 0 Å². The van der Waals surface area contributed by atoms with Gasteiger partial charge >= 0.3 is 0 Å². The van der Waals surface area contributed by atoms with Crippen LogP contribution in [0.1, 0.15) is 5.56 Å². The molecule has 0 radical (unpaired) electrons. The van der Waals surface area contributed by atoms with Gasteiger partial charge in [-0.05, 0) is 21.0 Å². The van der Waals surface area contributed by atoms with Gasteiger partial charge in [0.05, 0.1) is 26.0 Å². The topological polar surface area (TPSA) is 64.8 Å². The number of likely N-dealkylation sites (N-methyl/N-ethyl adjacent to an activating group) is 1. The zero-order valence-corrected chi connectivity index (χ0v) is 11.5. The van der Waals surface area contributed by atoms with Gasteiger partial charge in [-0.25, -0.2) is 4.68 Å². The molecule has 0 aliphatic heterocycles. The average Bonchev–Trinajstić information content (AvgIpc) is 2.67. The van der Waals surface area contributed by atoms with E-state index in [1.807, 2.05) is 36.8 Å². The Bertz CT molecular complexity index is 346. The molecule has 0 unspecified atom stereocenters. The van der Waals surface area contributed by atoms with Gasteiger partial charge < -0.3 is 20.0 Å². The van der Waals surface area contributed by atoms with E-state index in [1.54, 1.807) is 0 Å². The molecule has 0 fully saturated rings. The first-order valence-corrected chi connectivity index (χ1v) is 6.24. The molecule has 0 atom stereocenters. The Hall–Kier alpha value is -1.11. The second-order valence-electron chi connectivity index (χ2n) is 4.61. The van der Waals surface area contributed by atoms with Gasteiger partial charge in [-0.3, -0.25) is 0 Å². The zero-order valence-electron chi connectivity index (χ0n) is 11.5. The fourth-order valence-electron chi connectivity index (χ4n) is 1.91. The van der Waals surface area contributed by atoms with E-state index in [-0.39, 0.29) is 13.2 Å². The normalized spacial score (nSPS) is 11.2. The summed E-state index contributed by atoms with van der Waals surface area (Å²) in [6.07, 6.45) is 1.83. The van der Waals surface area contributed by atoms with Gasteiger partial charge in [-0.1, -0.05) is 0 Å². The van der Waals surface area contributed by atoms with Crippen LogP contribution in [0.4, 0.5) is 5.82 Å². The molecule has 0 saturated heterocycles. The van der Waals surface area contributed by atoms with E-state index in [1.165, 1.54) is 0 Å². The number of rotatable bonds is 8. The first-order valence-electron chi connectivity index (χ1n) is 6.24. The number of hydrogen-bond donors (Lipinski definition) is 2. The lowest BCUT2D eigenvalue weighted by Gasteiger charge is -2.25. The van der Waals surface area contributed by atoms with Crippen molar-refractivity contribution in [2.75, 3.05) is 51.8 Å². The standard InChI is InChI=1S/C12H24N4O2/c1-11-10-13-16(5-4-14(2)3)12(11)15(6-8-17)7-9-18/h10,17-18H,4-9H2,1-3H3. The molecule has 0 saturated carbocycles. The number of aliphatic hydroxyl groups excluding tert-OH is 2. The van der Waals surface area contributed by atoms with Crippen molar-refractivity contribution in [3.8, 4) is 0 Å². The molecule has 0 aliphatic carbocycles. The van der Waals surface area contributed by atoms with Crippen LogP contribution in [0.5, 0.6) is 0 Å². The number of aryl methyl sites for hydroxylation is 1. The minimum absolute atomic E-state index is 0.0678. The summed E-state index contributed by atoms with van der Waals surface area (Å²) in [6.45, 7) is 4.85. The monoisotopic (exact) mass is 256 g/mol. The van der Waals surface area contributed by atoms with E-state index in [0.717, 1.165) is 24.5 Å². The van der Waals surface area contributed by atoms with Crippen LogP contribution < -0.4 is 4.90 Å². The van der Waals surface area contributed by atoms with Crippen molar-refractivity contribution in [3.63, 3.8) is 0 Å². The van der Waals surface area contributed by atoms with Gasteiger partial charge in [0.1, 0.15) is 5.82 Å². The van der Waals surface area contributed by atoms with Crippen LogP contribution >= 0.6 is 0 Å². The van der Waals surface area contributed by atoms with E-state index in [4.69, 9.17) is 10.2 Å². The Morgan fingerprint density at radius 1 is 1.17 bits per heavy atom. The second kappa shape index (κ2) is 7.35. The lowest BCUT2D eigenvalue weighted by molar-refractivity contribution is 0.279. The molecular formula is C12H24N4O2. The largest absolute Gasteiger partial charge is 0.395 e. The van der Waals surface area contributed by atoms with Gasteiger partial charge in [0.15, 0.2) is 0 Å². The first-order chi connectivity index (χ1) is 8.60. The highest BCUT2D eigenvalue weighted by Crippen LogP contribution is 2.19. The maximum Gasteiger partial charge on any atom is 0.129 e. The molecule has 0 spiro atoms. The van der Waals surface area contributed by atoms with Crippen molar-refractivity contribution < 1.29 is 10.2 Å². The molecule has 18 heavy (non-hydrogen) atoms. The Labute approximate surface area is 108 Å². The van der Waals surface area contributed by atoms with Crippen molar-refractivity contribution in [3.05, 3.63) is 11.8 Å². The molecular weight excluding hydrogens is 232 g/mol. The fraction of sp³-hybridized carbons (Fsp3) is 0.750. The second-order valence-corrected chi connectivity index (χ2v) is 4.61. The highest BCUT2D eigenvalue weighted by atomic mass is 16.3. The SMILES string of the molecule is Cc1cnn(CCN(C)C)c1N(CCO)CCO. The maximum atomic E-state index is 9.10. The minimum atomic E-state index is 0.0678. The van der Waals surface area contributed by atoms with Crippen LogP contribution in [0.2, 0.25) is 0 Å². The summed E-state index contributed by atoms with van der Waals surface area (Å²) in [5.74, 6) is 0.986. The third-order valence-electron chi connectivity index (χ3n) is 2.79. The molecule has 0 amide bonds. The van der Waals surface area contributed by atoms with Gasteiger partial charge in [0.2, 0.25) is 0 Å². The van der Waals surface area contributed by atoms with E-state index in [0.29, 0.717) is 13.1 Å².